The van der Waals surface area contributed by atoms with Crippen molar-refractivity contribution >= 4 is 34.2 Å². The minimum absolute atomic E-state index is 0.0544. The molecule has 1 aromatic heterocycles. The number of aromatic nitrogens is 1. The SMILES string of the molecule is COc1ccc(Cn2ccc(C)c(NC(=O)[C@H](Cc3ccc(C(C)(C)C(=O)O)cc3)NC(=O)Cc3ccc4ccccc4c3)c2=O)cc1C. The van der Waals surface area contributed by atoms with Crippen LogP contribution >= 0.6 is 0 Å². The molecule has 0 saturated carbocycles. The third-order valence-corrected chi connectivity index (χ3v) is 8.91. The van der Waals surface area contributed by atoms with Crippen LogP contribution in [0.25, 0.3) is 10.8 Å². The average molecular weight is 660 g/mol. The lowest BCUT2D eigenvalue weighted by Crippen LogP contribution is -2.46. The molecule has 2 amide bonds. The minimum atomic E-state index is -1.10. The molecule has 4 aromatic carbocycles. The van der Waals surface area contributed by atoms with Crippen LogP contribution in [0.3, 0.4) is 0 Å². The third-order valence-electron chi connectivity index (χ3n) is 8.91. The van der Waals surface area contributed by atoms with E-state index in [1.165, 1.54) is 4.57 Å². The van der Waals surface area contributed by atoms with Crippen LogP contribution in [0.15, 0.2) is 102 Å². The molecule has 1 heterocycles. The second-order valence-corrected chi connectivity index (χ2v) is 12.9. The summed E-state index contributed by atoms with van der Waals surface area (Å²) in [6, 6.07) is 27.1. The Kier molecular flexibility index (Phi) is 10.3. The smallest absolute Gasteiger partial charge is 0.313 e. The number of pyridine rings is 1. The molecule has 1 atom stereocenters. The van der Waals surface area contributed by atoms with Crippen molar-refractivity contribution < 1.29 is 24.2 Å². The fraction of sp³-hybridized carbons (Fsp3) is 0.250. The monoisotopic (exact) mass is 659 g/mol. The van der Waals surface area contributed by atoms with Crippen LogP contribution in [0.4, 0.5) is 5.69 Å². The van der Waals surface area contributed by atoms with Crippen molar-refractivity contribution in [2.45, 2.75) is 58.5 Å². The number of nitrogens with zero attached hydrogens (tertiary/aromatic N) is 1. The maximum Gasteiger partial charge on any atom is 0.313 e. The summed E-state index contributed by atoms with van der Waals surface area (Å²) in [5.74, 6) is -1.09. The molecule has 0 aliphatic rings. The number of benzene rings is 4. The molecular weight excluding hydrogens is 618 g/mol. The molecule has 0 fully saturated rings. The Labute approximate surface area is 285 Å². The Balaban J connectivity index is 1.40. The number of nitrogens with one attached hydrogen (secondary N) is 2. The van der Waals surface area contributed by atoms with Gasteiger partial charge in [0.15, 0.2) is 0 Å². The van der Waals surface area contributed by atoms with Gasteiger partial charge in [0.1, 0.15) is 17.5 Å². The van der Waals surface area contributed by atoms with Crippen molar-refractivity contribution in [1.82, 2.24) is 9.88 Å². The van der Waals surface area contributed by atoms with E-state index in [4.69, 9.17) is 4.74 Å². The van der Waals surface area contributed by atoms with Crippen molar-refractivity contribution in [3.63, 3.8) is 0 Å². The molecule has 3 N–H and O–H groups in total. The number of carbonyl (C=O) groups excluding carboxylic acids is 2. The van der Waals surface area contributed by atoms with Crippen LogP contribution in [-0.2, 0) is 39.2 Å². The fourth-order valence-electron chi connectivity index (χ4n) is 5.79. The molecule has 0 radical (unpaired) electrons. The number of amides is 2. The van der Waals surface area contributed by atoms with E-state index in [2.05, 4.69) is 10.6 Å². The van der Waals surface area contributed by atoms with Gasteiger partial charge in [-0.05, 0) is 84.0 Å². The highest BCUT2D eigenvalue weighted by molar-refractivity contribution is 5.98. The van der Waals surface area contributed by atoms with Gasteiger partial charge < -0.3 is 25.0 Å². The number of aliphatic carboxylic acids is 1. The normalized spacial score (nSPS) is 11.9. The summed E-state index contributed by atoms with van der Waals surface area (Å²) < 4.78 is 6.88. The predicted molar refractivity (Wildman–Crippen MR) is 191 cm³/mol. The summed E-state index contributed by atoms with van der Waals surface area (Å²) in [5.41, 5.74) is 3.20. The number of carbonyl (C=O) groups is 3. The first kappa shape index (κ1) is 34.6. The molecule has 0 saturated heterocycles. The van der Waals surface area contributed by atoms with Crippen molar-refractivity contribution in [3.05, 3.63) is 141 Å². The summed E-state index contributed by atoms with van der Waals surface area (Å²) >= 11 is 0. The number of fused-ring (bicyclic) bond motifs is 1. The zero-order chi connectivity index (χ0) is 35.3. The van der Waals surface area contributed by atoms with Crippen LogP contribution in [0, 0.1) is 13.8 Å². The Hall–Kier alpha value is -5.70. The Morgan fingerprint density at radius 1 is 0.837 bits per heavy atom. The van der Waals surface area contributed by atoms with Gasteiger partial charge in [-0.25, -0.2) is 0 Å². The molecule has 9 heteroatoms. The van der Waals surface area contributed by atoms with Gasteiger partial charge in [-0.15, -0.1) is 0 Å². The first-order chi connectivity index (χ1) is 23.3. The summed E-state index contributed by atoms with van der Waals surface area (Å²) in [6.45, 7) is 7.21. The molecule has 49 heavy (non-hydrogen) atoms. The second kappa shape index (κ2) is 14.6. The van der Waals surface area contributed by atoms with Gasteiger partial charge in [-0.3, -0.25) is 19.2 Å². The fourth-order valence-corrected chi connectivity index (χ4v) is 5.79. The van der Waals surface area contributed by atoms with Gasteiger partial charge in [0.2, 0.25) is 11.8 Å². The first-order valence-corrected chi connectivity index (χ1v) is 16.1. The third kappa shape index (κ3) is 8.06. The van der Waals surface area contributed by atoms with Gasteiger partial charge in [0, 0.05) is 12.6 Å². The van der Waals surface area contributed by atoms with E-state index in [1.54, 1.807) is 64.4 Å². The number of rotatable bonds is 12. The Morgan fingerprint density at radius 2 is 1.51 bits per heavy atom. The van der Waals surface area contributed by atoms with E-state index in [1.807, 2.05) is 67.6 Å². The number of aryl methyl sites for hydroxylation is 2. The number of hydrogen-bond donors (Lipinski definition) is 3. The predicted octanol–water partition coefficient (Wildman–Crippen LogP) is 5.95. The summed E-state index contributed by atoms with van der Waals surface area (Å²) in [4.78, 5) is 52.8. The molecule has 0 unspecified atom stereocenters. The summed E-state index contributed by atoms with van der Waals surface area (Å²) in [5, 5.41) is 17.4. The van der Waals surface area contributed by atoms with Gasteiger partial charge in [-0.1, -0.05) is 78.9 Å². The lowest BCUT2D eigenvalue weighted by molar-refractivity contribution is -0.142. The molecule has 0 spiro atoms. The van der Waals surface area contributed by atoms with Crippen molar-refractivity contribution in [2.75, 3.05) is 12.4 Å². The zero-order valence-electron chi connectivity index (χ0n) is 28.4. The van der Waals surface area contributed by atoms with Gasteiger partial charge in [0.25, 0.3) is 5.56 Å². The van der Waals surface area contributed by atoms with E-state index < -0.39 is 23.3 Å². The Bertz CT molecular complexity index is 2080. The molecule has 0 aliphatic heterocycles. The van der Waals surface area contributed by atoms with Crippen LogP contribution in [0.1, 0.15) is 47.2 Å². The highest BCUT2D eigenvalue weighted by atomic mass is 16.5. The zero-order valence-corrected chi connectivity index (χ0v) is 28.4. The maximum absolute atomic E-state index is 13.9. The number of ether oxygens (including phenoxy) is 1. The van der Waals surface area contributed by atoms with Crippen molar-refractivity contribution in [3.8, 4) is 5.75 Å². The van der Waals surface area contributed by atoms with E-state index in [-0.39, 0.29) is 36.5 Å². The lowest BCUT2D eigenvalue weighted by Gasteiger charge is -2.22. The number of carboxylic acids is 1. The largest absolute Gasteiger partial charge is 0.496 e. The number of anilines is 1. The molecule has 5 aromatic rings. The standard InChI is InChI=1S/C40H41N3O6/c1-25-18-19-43(24-29-13-17-34(49-5)26(2)20-29)38(46)36(25)42-37(45)33(22-27-11-15-32(16-12-27)40(3,4)39(47)48)41-35(44)23-28-10-14-30-8-6-7-9-31(30)21-28/h6-21,33H,22-24H2,1-5H3,(H,41,44)(H,42,45)(H,47,48)/t33-/m0/s1. The quantitative estimate of drug-likeness (QED) is 0.152. The van der Waals surface area contributed by atoms with E-state index in [0.717, 1.165) is 33.2 Å². The topological polar surface area (TPSA) is 127 Å². The molecule has 5 rings (SSSR count). The van der Waals surface area contributed by atoms with Crippen LogP contribution in [0.2, 0.25) is 0 Å². The van der Waals surface area contributed by atoms with Crippen LogP contribution in [0.5, 0.6) is 5.75 Å². The molecule has 9 nitrogen and oxygen atoms in total. The van der Waals surface area contributed by atoms with E-state index in [9.17, 15) is 24.3 Å². The summed E-state index contributed by atoms with van der Waals surface area (Å²) in [7, 11) is 1.61. The van der Waals surface area contributed by atoms with Crippen LogP contribution in [-0.4, -0.2) is 40.6 Å². The highest BCUT2D eigenvalue weighted by Crippen LogP contribution is 2.24. The molecule has 252 valence electrons. The van der Waals surface area contributed by atoms with Gasteiger partial charge in [-0.2, -0.15) is 0 Å². The van der Waals surface area contributed by atoms with E-state index in [0.29, 0.717) is 16.7 Å². The van der Waals surface area contributed by atoms with Gasteiger partial charge in [0.05, 0.1) is 25.5 Å². The second-order valence-electron chi connectivity index (χ2n) is 12.9. The minimum Gasteiger partial charge on any atom is -0.496 e. The van der Waals surface area contributed by atoms with Crippen LogP contribution < -0.4 is 20.9 Å². The Morgan fingerprint density at radius 3 is 2.18 bits per heavy atom. The number of carboxylic acid groups (broad SMARTS) is 1. The van der Waals surface area contributed by atoms with Crippen molar-refractivity contribution in [1.29, 1.82) is 0 Å². The first-order valence-electron chi connectivity index (χ1n) is 16.1. The summed E-state index contributed by atoms with van der Waals surface area (Å²) in [6.07, 6.45) is 1.86. The van der Waals surface area contributed by atoms with Gasteiger partial charge >= 0.3 is 5.97 Å². The molecular formula is C40H41N3O6. The van der Waals surface area contributed by atoms with Crippen molar-refractivity contribution in [2.24, 2.45) is 0 Å². The maximum atomic E-state index is 13.9. The lowest BCUT2D eigenvalue weighted by atomic mass is 9.84. The molecule has 0 bridgehead atoms. The van der Waals surface area contributed by atoms with E-state index >= 15 is 0 Å². The highest BCUT2D eigenvalue weighted by Gasteiger charge is 2.30. The average Bonchev–Trinajstić information content (AvgIpc) is 3.07. The number of methoxy groups -OCH3 is 1. The molecule has 0 aliphatic carbocycles. The number of hydrogen-bond acceptors (Lipinski definition) is 5.